The van der Waals surface area contributed by atoms with Gasteiger partial charge < -0.3 is 15.5 Å². The molecule has 134 valence electrons. The number of aryl methyl sites for hydroxylation is 2. The van der Waals surface area contributed by atoms with Crippen LogP contribution in [0.5, 0.6) is 0 Å². The maximum Gasteiger partial charge on any atom is 0.271 e. The first-order chi connectivity index (χ1) is 11.8. The number of halogens is 1. The summed E-state index contributed by atoms with van der Waals surface area (Å²) in [4.78, 5) is 22.5. The Labute approximate surface area is 148 Å². The van der Waals surface area contributed by atoms with Crippen molar-refractivity contribution in [2.75, 3.05) is 6.61 Å². The SMILES string of the molecule is Cc1nn(C)c(C(=O)NC(CO)C(O)c2ccc([N+](=O)[O-])cc2)c1Cl. The number of rotatable bonds is 6. The summed E-state index contributed by atoms with van der Waals surface area (Å²) in [5, 5.41) is 37.2. The molecule has 9 nitrogen and oxygen atoms in total. The number of aromatic nitrogens is 2. The number of aliphatic hydroxyl groups is 2. The molecule has 1 aromatic carbocycles. The lowest BCUT2D eigenvalue weighted by Gasteiger charge is -2.22. The van der Waals surface area contributed by atoms with Gasteiger partial charge in [-0.3, -0.25) is 19.6 Å². The number of nitro benzene ring substituents is 1. The van der Waals surface area contributed by atoms with Gasteiger partial charge in [0.15, 0.2) is 0 Å². The highest BCUT2D eigenvalue weighted by atomic mass is 35.5. The van der Waals surface area contributed by atoms with Gasteiger partial charge in [-0.1, -0.05) is 11.6 Å². The standard InChI is InChI=1S/C15H17ClN4O5/c1-8-12(16)13(19(2)18-8)15(23)17-11(7-21)14(22)9-3-5-10(6-4-9)20(24)25/h3-6,11,14,21-22H,7H2,1-2H3,(H,17,23). The van der Waals surface area contributed by atoms with E-state index in [0.29, 0.717) is 11.3 Å². The first-order valence-electron chi connectivity index (χ1n) is 7.29. The van der Waals surface area contributed by atoms with E-state index in [1.165, 1.54) is 28.9 Å². The van der Waals surface area contributed by atoms with Gasteiger partial charge in [-0.15, -0.1) is 0 Å². The van der Waals surface area contributed by atoms with E-state index in [9.17, 15) is 25.1 Å². The van der Waals surface area contributed by atoms with Crippen LogP contribution in [0.4, 0.5) is 5.69 Å². The first-order valence-corrected chi connectivity index (χ1v) is 7.67. The van der Waals surface area contributed by atoms with Gasteiger partial charge in [-0.05, 0) is 24.6 Å². The lowest BCUT2D eigenvalue weighted by molar-refractivity contribution is -0.384. The van der Waals surface area contributed by atoms with Crippen LogP contribution in [0.3, 0.4) is 0 Å². The zero-order chi connectivity index (χ0) is 18.7. The Bertz CT molecular complexity index is 790. The summed E-state index contributed by atoms with van der Waals surface area (Å²) in [6.45, 7) is 1.10. The number of hydrogen-bond donors (Lipinski definition) is 3. The second-order valence-electron chi connectivity index (χ2n) is 5.43. The lowest BCUT2D eigenvalue weighted by Crippen LogP contribution is -2.42. The monoisotopic (exact) mass is 368 g/mol. The number of nitrogens with zero attached hydrogens (tertiary/aromatic N) is 3. The van der Waals surface area contributed by atoms with Crippen molar-refractivity contribution in [1.82, 2.24) is 15.1 Å². The molecular formula is C15H17ClN4O5. The average molecular weight is 369 g/mol. The van der Waals surface area contributed by atoms with E-state index in [2.05, 4.69) is 10.4 Å². The number of amides is 1. The third-order valence-electron chi connectivity index (χ3n) is 3.70. The van der Waals surface area contributed by atoms with Gasteiger partial charge in [0.2, 0.25) is 0 Å². The van der Waals surface area contributed by atoms with Crippen LogP contribution in [0.2, 0.25) is 5.02 Å². The Morgan fingerprint density at radius 3 is 2.48 bits per heavy atom. The van der Waals surface area contributed by atoms with Gasteiger partial charge in [-0.25, -0.2) is 0 Å². The molecule has 0 aliphatic heterocycles. The topological polar surface area (TPSA) is 131 Å². The molecule has 2 aromatic rings. The molecule has 0 bridgehead atoms. The Hall–Kier alpha value is -2.49. The minimum absolute atomic E-state index is 0.105. The molecule has 0 saturated carbocycles. The van der Waals surface area contributed by atoms with Gasteiger partial charge in [0.05, 0.1) is 28.3 Å². The highest BCUT2D eigenvalue weighted by Crippen LogP contribution is 2.22. The number of benzene rings is 1. The summed E-state index contributed by atoms with van der Waals surface area (Å²) in [5.74, 6) is -0.604. The second-order valence-corrected chi connectivity index (χ2v) is 5.81. The molecule has 0 aliphatic carbocycles. The zero-order valence-corrected chi connectivity index (χ0v) is 14.3. The molecule has 2 rings (SSSR count). The fourth-order valence-electron chi connectivity index (χ4n) is 2.37. The van der Waals surface area contributed by atoms with Gasteiger partial charge in [-0.2, -0.15) is 5.10 Å². The fourth-order valence-corrected chi connectivity index (χ4v) is 2.61. The van der Waals surface area contributed by atoms with Crippen molar-refractivity contribution < 1.29 is 19.9 Å². The molecular weight excluding hydrogens is 352 g/mol. The van der Waals surface area contributed by atoms with Gasteiger partial charge in [0, 0.05) is 19.2 Å². The largest absolute Gasteiger partial charge is 0.394 e. The summed E-state index contributed by atoms with van der Waals surface area (Å²) >= 11 is 6.05. The maximum atomic E-state index is 12.4. The van der Waals surface area contributed by atoms with Crippen molar-refractivity contribution in [3.63, 3.8) is 0 Å². The Morgan fingerprint density at radius 2 is 2.04 bits per heavy atom. The summed E-state index contributed by atoms with van der Waals surface area (Å²) < 4.78 is 1.31. The minimum atomic E-state index is -1.26. The van der Waals surface area contributed by atoms with Crippen LogP contribution in [0.25, 0.3) is 0 Å². The van der Waals surface area contributed by atoms with Crippen molar-refractivity contribution in [2.45, 2.75) is 19.1 Å². The summed E-state index contributed by atoms with van der Waals surface area (Å²) in [5.41, 5.74) is 0.772. The van der Waals surface area contributed by atoms with E-state index in [1.54, 1.807) is 14.0 Å². The average Bonchev–Trinajstić information content (AvgIpc) is 2.84. The highest BCUT2D eigenvalue weighted by molar-refractivity contribution is 6.34. The third-order valence-corrected chi connectivity index (χ3v) is 4.16. The zero-order valence-electron chi connectivity index (χ0n) is 13.5. The van der Waals surface area contributed by atoms with Crippen LogP contribution < -0.4 is 5.32 Å². The predicted octanol–water partition coefficient (Wildman–Crippen LogP) is 1.11. The molecule has 0 spiro atoms. The van der Waals surface area contributed by atoms with Crippen molar-refractivity contribution >= 4 is 23.2 Å². The molecule has 1 amide bonds. The molecule has 0 aliphatic rings. The molecule has 0 saturated heterocycles. The summed E-state index contributed by atoms with van der Waals surface area (Å²) in [6.07, 6.45) is -1.26. The number of aliphatic hydroxyl groups excluding tert-OH is 2. The molecule has 0 fully saturated rings. The molecule has 3 N–H and O–H groups in total. The molecule has 2 atom stereocenters. The first kappa shape index (κ1) is 18.8. The van der Waals surface area contributed by atoms with Crippen LogP contribution in [0.1, 0.15) is 27.8 Å². The van der Waals surface area contributed by atoms with E-state index in [0.717, 1.165) is 0 Å². The van der Waals surface area contributed by atoms with Crippen molar-refractivity contribution in [1.29, 1.82) is 0 Å². The van der Waals surface area contributed by atoms with Crippen molar-refractivity contribution in [3.8, 4) is 0 Å². The van der Waals surface area contributed by atoms with Crippen molar-refractivity contribution in [2.24, 2.45) is 7.05 Å². The second kappa shape index (κ2) is 7.60. The van der Waals surface area contributed by atoms with Gasteiger partial charge >= 0.3 is 0 Å². The number of nitrogens with one attached hydrogen (secondary N) is 1. The lowest BCUT2D eigenvalue weighted by atomic mass is 10.0. The van der Waals surface area contributed by atoms with E-state index in [1.807, 2.05) is 0 Å². The van der Waals surface area contributed by atoms with Crippen LogP contribution in [-0.4, -0.2) is 43.5 Å². The molecule has 2 unspecified atom stereocenters. The third kappa shape index (κ3) is 3.95. The van der Waals surface area contributed by atoms with Crippen LogP contribution in [0, 0.1) is 17.0 Å². The normalized spacial score (nSPS) is 13.3. The number of nitro groups is 1. The van der Waals surface area contributed by atoms with Crippen molar-refractivity contribution in [3.05, 3.63) is 56.4 Å². The quantitative estimate of drug-likeness (QED) is 0.517. The molecule has 1 heterocycles. The molecule has 10 heteroatoms. The molecule has 1 aromatic heterocycles. The highest BCUT2D eigenvalue weighted by Gasteiger charge is 2.26. The Kier molecular flexibility index (Phi) is 5.73. The maximum absolute atomic E-state index is 12.4. The van der Waals surface area contributed by atoms with E-state index >= 15 is 0 Å². The number of non-ortho nitro benzene ring substituents is 1. The van der Waals surface area contributed by atoms with Crippen LogP contribution in [-0.2, 0) is 7.05 Å². The number of hydrogen-bond acceptors (Lipinski definition) is 6. The number of carbonyl (C=O) groups excluding carboxylic acids is 1. The van der Waals surface area contributed by atoms with Crippen LogP contribution in [0.15, 0.2) is 24.3 Å². The molecule has 25 heavy (non-hydrogen) atoms. The number of carbonyl (C=O) groups is 1. The smallest absolute Gasteiger partial charge is 0.271 e. The minimum Gasteiger partial charge on any atom is -0.394 e. The van der Waals surface area contributed by atoms with Gasteiger partial charge in [0.1, 0.15) is 11.8 Å². The Balaban J connectivity index is 2.18. The van der Waals surface area contributed by atoms with E-state index in [-0.39, 0.29) is 16.4 Å². The van der Waals surface area contributed by atoms with E-state index in [4.69, 9.17) is 11.6 Å². The van der Waals surface area contributed by atoms with Gasteiger partial charge in [0.25, 0.3) is 11.6 Å². The van der Waals surface area contributed by atoms with Crippen LogP contribution >= 0.6 is 11.6 Å². The molecule has 0 radical (unpaired) electrons. The summed E-state index contributed by atoms with van der Waals surface area (Å²) in [7, 11) is 1.55. The van der Waals surface area contributed by atoms with E-state index < -0.39 is 29.6 Å². The Morgan fingerprint density at radius 1 is 1.44 bits per heavy atom. The predicted molar refractivity (Wildman–Crippen MR) is 89.4 cm³/mol. The summed E-state index contributed by atoms with van der Waals surface area (Å²) in [6, 6.07) is 4.16. The fraction of sp³-hybridized carbons (Fsp3) is 0.333.